The summed E-state index contributed by atoms with van der Waals surface area (Å²) in [5, 5.41) is 11.4. The number of rotatable bonds is 9. The van der Waals surface area contributed by atoms with Gasteiger partial charge in [-0.15, -0.1) is 0 Å². The molecule has 2 aromatic carbocycles. The zero-order valence-corrected chi connectivity index (χ0v) is 19.2. The standard InChI is InChI=1S/C26H31NO5/c1-5-7-8-16-27-23(18-14-12-17(6-2)13-15-18)22(25(29)26(27)30)24(28)21-19(31-3)10-9-11-20(21)32-4/h9-15,23,28H,5-8,16H2,1-4H3/b24-22+. The number of methoxy groups -OCH3 is 2. The lowest BCUT2D eigenvalue weighted by Crippen LogP contribution is -2.30. The Kier molecular flexibility index (Phi) is 7.57. The SMILES string of the molecule is CCCCCN1C(=O)C(=O)/C(=C(/O)c2c(OC)cccc2OC)C1c1ccc(CC)cc1. The molecule has 1 heterocycles. The van der Waals surface area contributed by atoms with Gasteiger partial charge in [-0.25, -0.2) is 0 Å². The van der Waals surface area contributed by atoms with E-state index >= 15 is 0 Å². The Morgan fingerprint density at radius 3 is 2.12 bits per heavy atom. The highest BCUT2D eigenvalue weighted by Gasteiger charge is 2.46. The van der Waals surface area contributed by atoms with Crippen molar-refractivity contribution in [1.29, 1.82) is 0 Å². The summed E-state index contributed by atoms with van der Waals surface area (Å²) in [6.45, 7) is 4.60. The Labute approximate surface area is 189 Å². The molecule has 0 spiro atoms. The molecule has 6 heteroatoms. The van der Waals surface area contributed by atoms with Crippen LogP contribution in [0.2, 0.25) is 0 Å². The summed E-state index contributed by atoms with van der Waals surface area (Å²) in [5.41, 5.74) is 2.26. The first-order valence-corrected chi connectivity index (χ1v) is 11.1. The monoisotopic (exact) mass is 437 g/mol. The second-order valence-corrected chi connectivity index (χ2v) is 7.83. The maximum absolute atomic E-state index is 13.2. The normalized spacial score (nSPS) is 17.6. The highest BCUT2D eigenvalue weighted by atomic mass is 16.5. The van der Waals surface area contributed by atoms with Crippen LogP contribution in [0.4, 0.5) is 0 Å². The van der Waals surface area contributed by atoms with E-state index in [4.69, 9.17) is 9.47 Å². The molecule has 1 saturated heterocycles. The van der Waals surface area contributed by atoms with Crippen LogP contribution in [-0.2, 0) is 16.0 Å². The highest BCUT2D eigenvalue weighted by molar-refractivity contribution is 6.46. The molecular weight excluding hydrogens is 406 g/mol. The van der Waals surface area contributed by atoms with Crippen LogP contribution in [0, 0.1) is 0 Å². The molecule has 1 fully saturated rings. The van der Waals surface area contributed by atoms with E-state index < -0.39 is 17.7 Å². The van der Waals surface area contributed by atoms with Crippen molar-refractivity contribution in [3.63, 3.8) is 0 Å². The maximum atomic E-state index is 13.2. The van der Waals surface area contributed by atoms with E-state index in [1.165, 1.54) is 14.2 Å². The summed E-state index contributed by atoms with van der Waals surface area (Å²) in [6, 6.07) is 12.3. The lowest BCUT2D eigenvalue weighted by molar-refractivity contribution is -0.139. The number of Topliss-reactive ketones (excluding diaryl/α,β-unsaturated/α-hetero) is 1. The van der Waals surface area contributed by atoms with Crippen molar-refractivity contribution in [2.24, 2.45) is 0 Å². The third-order valence-electron chi connectivity index (χ3n) is 5.91. The van der Waals surface area contributed by atoms with Crippen molar-refractivity contribution in [1.82, 2.24) is 4.90 Å². The van der Waals surface area contributed by atoms with Crippen LogP contribution < -0.4 is 9.47 Å². The summed E-state index contributed by atoms with van der Waals surface area (Å²) in [5.74, 6) is -0.865. The van der Waals surface area contributed by atoms with Gasteiger partial charge in [0.05, 0.1) is 25.8 Å². The molecule has 1 atom stereocenters. The van der Waals surface area contributed by atoms with E-state index in [0.29, 0.717) is 18.0 Å². The van der Waals surface area contributed by atoms with E-state index in [-0.39, 0.29) is 16.9 Å². The van der Waals surface area contributed by atoms with Gasteiger partial charge in [0.15, 0.2) is 0 Å². The lowest BCUT2D eigenvalue weighted by atomic mass is 9.93. The number of ketones is 1. The van der Waals surface area contributed by atoms with E-state index in [2.05, 4.69) is 13.8 Å². The Balaban J connectivity index is 2.21. The van der Waals surface area contributed by atoms with Crippen molar-refractivity contribution in [2.45, 2.75) is 45.6 Å². The second kappa shape index (κ2) is 10.4. The molecule has 1 aliphatic heterocycles. The van der Waals surface area contributed by atoms with Crippen molar-refractivity contribution < 1.29 is 24.2 Å². The molecule has 1 unspecified atom stereocenters. The van der Waals surface area contributed by atoms with Gasteiger partial charge in [-0.1, -0.05) is 57.0 Å². The summed E-state index contributed by atoms with van der Waals surface area (Å²) >= 11 is 0. The molecule has 0 saturated carbocycles. The lowest BCUT2D eigenvalue weighted by Gasteiger charge is -2.26. The number of carbonyl (C=O) groups excluding carboxylic acids is 2. The smallest absolute Gasteiger partial charge is 0.295 e. The zero-order valence-electron chi connectivity index (χ0n) is 19.2. The molecule has 6 nitrogen and oxygen atoms in total. The summed E-state index contributed by atoms with van der Waals surface area (Å²) in [7, 11) is 2.96. The quantitative estimate of drug-likeness (QED) is 0.262. The van der Waals surface area contributed by atoms with Crippen molar-refractivity contribution in [3.05, 3.63) is 64.7 Å². The fourth-order valence-corrected chi connectivity index (χ4v) is 4.14. The minimum absolute atomic E-state index is 0.0542. The third kappa shape index (κ3) is 4.35. The molecule has 0 aromatic heterocycles. The van der Waals surface area contributed by atoms with Crippen LogP contribution >= 0.6 is 0 Å². The van der Waals surface area contributed by atoms with Crippen molar-refractivity contribution in [2.75, 3.05) is 20.8 Å². The topological polar surface area (TPSA) is 76.1 Å². The summed E-state index contributed by atoms with van der Waals surface area (Å²) < 4.78 is 10.8. The van der Waals surface area contributed by atoms with Gasteiger partial charge in [-0.05, 0) is 36.1 Å². The number of ether oxygens (including phenoxy) is 2. The first-order chi connectivity index (χ1) is 15.5. The van der Waals surface area contributed by atoms with Crippen LogP contribution in [-0.4, -0.2) is 42.5 Å². The number of aryl methyl sites for hydroxylation is 1. The van der Waals surface area contributed by atoms with Crippen LogP contribution in [0.5, 0.6) is 11.5 Å². The number of aliphatic hydroxyl groups excluding tert-OH is 1. The Morgan fingerprint density at radius 2 is 1.59 bits per heavy atom. The number of benzene rings is 2. The van der Waals surface area contributed by atoms with Gasteiger partial charge in [-0.2, -0.15) is 0 Å². The maximum Gasteiger partial charge on any atom is 0.295 e. The van der Waals surface area contributed by atoms with E-state index in [1.54, 1.807) is 23.1 Å². The Hall–Kier alpha value is -3.28. The number of hydrogen-bond acceptors (Lipinski definition) is 5. The molecule has 0 aliphatic carbocycles. The van der Waals surface area contributed by atoms with Gasteiger partial charge >= 0.3 is 0 Å². The average Bonchev–Trinajstić information content (AvgIpc) is 3.08. The van der Waals surface area contributed by atoms with E-state index in [1.807, 2.05) is 24.3 Å². The minimum Gasteiger partial charge on any atom is -0.506 e. The fourth-order valence-electron chi connectivity index (χ4n) is 4.14. The Bertz CT molecular complexity index is 987. The van der Waals surface area contributed by atoms with Gasteiger partial charge in [0.1, 0.15) is 22.8 Å². The molecule has 1 amide bonds. The average molecular weight is 438 g/mol. The molecule has 32 heavy (non-hydrogen) atoms. The summed E-state index contributed by atoms with van der Waals surface area (Å²) in [6.07, 6.45) is 3.61. The van der Waals surface area contributed by atoms with Crippen molar-refractivity contribution in [3.8, 4) is 11.5 Å². The van der Waals surface area contributed by atoms with Crippen molar-refractivity contribution >= 4 is 17.4 Å². The molecule has 170 valence electrons. The number of unbranched alkanes of at least 4 members (excludes halogenated alkanes) is 2. The van der Waals surface area contributed by atoms with Gasteiger partial charge in [0, 0.05) is 6.54 Å². The second-order valence-electron chi connectivity index (χ2n) is 7.83. The number of likely N-dealkylation sites (tertiary alicyclic amines) is 1. The van der Waals surface area contributed by atoms with Gasteiger partial charge in [-0.3, -0.25) is 9.59 Å². The molecular formula is C26H31NO5. The minimum atomic E-state index is -0.698. The molecule has 1 aliphatic rings. The van der Waals surface area contributed by atoms with Crippen LogP contribution in [0.15, 0.2) is 48.0 Å². The molecule has 1 N–H and O–H groups in total. The third-order valence-corrected chi connectivity index (χ3v) is 5.91. The van der Waals surface area contributed by atoms with Crippen LogP contribution in [0.1, 0.15) is 55.8 Å². The number of aliphatic hydroxyl groups is 1. The van der Waals surface area contributed by atoms with E-state index in [0.717, 1.165) is 36.8 Å². The molecule has 3 rings (SSSR count). The highest BCUT2D eigenvalue weighted by Crippen LogP contribution is 2.43. The Morgan fingerprint density at radius 1 is 0.969 bits per heavy atom. The van der Waals surface area contributed by atoms with Gasteiger partial charge < -0.3 is 19.5 Å². The molecule has 0 radical (unpaired) electrons. The number of nitrogens with zero attached hydrogens (tertiary/aromatic N) is 1. The number of hydrogen-bond donors (Lipinski definition) is 1. The molecule has 0 bridgehead atoms. The first-order valence-electron chi connectivity index (χ1n) is 11.1. The van der Waals surface area contributed by atoms with Crippen LogP contribution in [0.25, 0.3) is 5.76 Å². The fraction of sp³-hybridized carbons (Fsp3) is 0.385. The number of carbonyl (C=O) groups is 2. The predicted molar refractivity (Wildman–Crippen MR) is 124 cm³/mol. The molecule has 2 aromatic rings. The number of amides is 1. The van der Waals surface area contributed by atoms with Gasteiger partial charge in [0.25, 0.3) is 11.7 Å². The van der Waals surface area contributed by atoms with E-state index in [9.17, 15) is 14.7 Å². The first kappa shape index (κ1) is 23.4. The van der Waals surface area contributed by atoms with Crippen LogP contribution in [0.3, 0.4) is 0 Å². The summed E-state index contributed by atoms with van der Waals surface area (Å²) in [4.78, 5) is 27.8. The van der Waals surface area contributed by atoms with Gasteiger partial charge in [0.2, 0.25) is 0 Å². The zero-order chi connectivity index (χ0) is 23.3. The predicted octanol–water partition coefficient (Wildman–Crippen LogP) is 4.88. The largest absolute Gasteiger partial charge is 0.506 e.